The number of aryl methyl sites for hydroxylation is 1. The number of amides is 1. The molecule has 1 aliphatic rings. The minimum atomic E-state index is -3.66. The third-order valence-corrected chi connectivity index (χ3v) is 7.67. The van der Waals surface area contributed by atoms with Crippen LogP contribution >= 0.6 is 11.8 Å². The van der Waals surface area contributed by atoms with Gasteiger partial charge < -0.3 is 9.88 Å². The summed E-state index contributed by atoms with van der Waals surface area (Å²) in [6, 6.07) is 13.4. The number of imidazole rings is 1. The van der Waals surface area contributed by atoms with Gasteiger partial charge in [-0.25, -0.2) is 13.4 Å². The van der Waals surface area contributed by atoms with Crippen molar-refractivity contribution < 1.29 is 13.2 Å². The van der Waals surface area contributed by atoms with Gasteiger partial charge in [-0.2, -0.15) is 0 Å². The summed E-state index contributed by atoms with van der Waals surface area (Å²) in [4.78, 5) is 23.1. The van der Waals surface area contributed by atoms with E-state index in [1.54, 1.807) is 24.4 Å². The third-order valence-electron chi connectivity index (χ3n) is 5.19. The Bertz CT molecular complexity index is 1280. The molecule has 0 fully saturated rings. The fourth-order valence-corrected chi connectivity index (χ4v) is 5.47. The summed E-state index contributed by atoms with van der Waals surface area (Å²) >= 11 is 1.53. The molecule has 172 valence electrons. The molecule has 0 bridgehead atoms. The maximum Gasteiger partial charge on any atom is 0.263 e. The van der Waals surface area contributed by atoms with Crippen molar-refractivity contribution in [2.24, 2.45) is 12.0 Å². The van der Waals surface area contributed by atoms with E-state index in [4.69, 9.17) is 0 Å². The summed E-state index contributed by atoms with van der Waals surface area (Å²) in [7, 11) is -1.72. The molecule has 1 aliphatic heterocycles. The molecule has 8 nitrogen and oxygen atoms in total. The van der Waals surface area contributed by atoms with Gasteiger partial charge in [0.1, 0.15) is 11.9 Å². The molecule has 0 saturated heterocycles. The number of benzene rings is 2. The molecule has 10 heteroatoms. The molecule has 0 spiro atoms. The van der Waals surface area contributed by atoms with Crippen molar-refractivity contribution in [3.63, 3.8) is 0 Å². The summed E-state index contributed by atoms with van der Waals surface area (Å²) in [6.45, 7) is 2.04. The number of unbranched alkanes of at least 4 members (excludes halogenated alkanes) is 1. The maximum absolute atomic E-state index is 13.1. The van der Waals surface area contributed by atoms with Crippen molar-refractivity contribution in [2.75, 3.05) is 5.32 Å². The quantitative estimate of drug-likeness (QED) is 0.507. The molecule has 2 aromatic carbocycles. The van der Waals surface area contributed by atoms with E-state index in [2.05, 4.69) is 20.0 Å². The van der Waals surface area contributed by atoms with Gasteiger partial charge in [-0.3, -0.25) is 14.5 Å². The lowest BCUT2D eigenvalue weighted by molar-refractivity contribution is -0.117. The zero-order valence-corrected chi connectivity index (χ0v) is 20.0. The number of hydrogen-bond acceptors (Lipinski definition) is 6. The number of anilines is 1. The van der Waals surface area contributed by atoms with Crippen LogP contribution in [0.2, 0.25) is 0 Å². The van der Waals surface area contributed by atoms with E-state index in [-0.39, 0.29) is 16.6 Å². The van der Waals surface area contributed by atoms with Crippen molar-refractivity contribution >= 4 is 39.2 Å². The highest BCUT2D eigenvalue weighted by atomic mass is 32.2. The molecule has 2 heterocycles. The Morgan fingerprint density at radius 2 is 1.97 bits per heavy atom. The van der Waals surface area contributed by atoms with Crippen molar-refractivity contribution in [2.45, 2.75) is 47.2 Å². The summed E-state index contributed by atoms with van der Waals surface area (Å²) in [5.41, 5.74) is 1.14. The van der Waals surface area contributed by atoms with Crippen molar-refractivity contribution in [3.05, 3.63) is 66.5 Å². The normalized spacial score (nSPS) is 16.2. The molecule has 1 aromatic heterocycles. The van der Waals surface area contributed by atoms with Crippen molar-refractivity contribution in [1.82, 2.24) is 14.3 Å². The topological polar surface area (TPSA) is 105 Å². The SMILES string of the molecule is CCCCC(N=C1NS(=O)(=O)c2ccccc21)C(=O)Nc1ccc(Sc2nccn2C)cc1. The predicted molar refractivity (Wildman–Crippen MR) is 129 cm³/mol. The Labute approximate surface area is 197 Å². The molecule has 1 amide bonds. The molecular formula is C23H25N5O3S2. The smallest absolute Gasteiger partial charge is 0.263 e. The fourth-order valence-electron chi connectivity index (χ4n) is 3.42. The fraction of sp³-hybridized carbons (Fsp3) is 0.261. The number of hydrogen-bond donors (Lipinski definition) is 2. The molecule has 1 atom stereocenters. The van der Waals surface area contributed by atoms with Gasteiger partial charge in [0.2, 0.25) is 5.91 Å². The maximum atomic E-state index is 13.1. The van der Waals surface area contributed by atoms with E-state index in [0.717, 1.165) is 22.9 Å². The zero-order chi connectivity index (χ0) is 23.4. The minimum Gasteiger partial charge on any atom is -0.329 e. The molecule has 0 radical (unpaired) electrons. The molecule has 1 unspecified atom stereocenters. The molecule has 33 heavy (non-hydrogen) atoms. The van der Waals surface area contributed by atoms with Crippen LogP contribution in [0, 0.1) is 0 Å². The van der Waals surface area contributed by atoms with Crippen LogP contribution in [0.25, 0.3) is 0 Å². The number of sulfonamides is 1. The Morgan fingerprint density at radius 3 is 2.67 bits per heavy atom. The Hall–Kier alpha value is -3.11. The Morgan fingerprint density at radius 1 is 1.21 bits per heavy atom. The van der Waals surface area contributed by atoms with Gasteiger partial charge in [0, 0.05) is 35.6 Å². The predicted octanol–water partition coefficient (Wildman–Crippen LogP) is 3.81. The Kier molecular flexibility index (Phi) is 6.85. The average molecular weight is 484 g/mol. The number of carbonyl (C=O) groups is 1. The summed E-state index contributed by atoms with van der Waals surface area (Å²) in [5.74, 6) is -0.0623. The average Bonchev–Trinajstić information content (AvgIpc) is 3.32. The van der Waals surface area contributed by atoms with Crippen molar-refractivity contribution in [1.29, 1.82) is 0 Å². The van der Waals surface area contributed by atoms with Crippen LogP contribution in [-0.2, 0) is 21.9 Å². The first kappa shape index (κ1) is 23.1. The molecular weight excluding hydrogens is 458 g/mol. The summed E-state index contributed by atoms with van der Waals surface area (Å²) < 4.78 is 29.2. The lowest BCUT2D eigenvalue weighted by Crippen LogP contribution is -2.30. The van der Waals surface area contributed by atoms with Crippen LogP contribution in [0.5, 0.6) is 0 Å². The number of nitrogens with one attached hydrogen (secondary N) is 2. The van der Waals surface area contributed by atoms with Crippen LogP contribution < -0.4 is 10.0 Å². The van der Waals surface area contributed by atoms with Gasteiger partial charge in [-0.05, 0) is 42.8 Å². The van der Waals surface area contributed by atoms with E-state index in [0.29, 0.717) is 17.7 Å². The second-order valence-corrected chi connectivity index (χ2v) is 10.4. The number of amidine groups is 1. The molecule has 4 rings (SSSR count). The first-order chi connectivity index (χ1) is 15.9. The third kappa shape index (κ3) is 5.28. The van der Waals surface area contributed by atoms with Crippen LogP contribution in [0.15, 0.2) is 80.9 Å². The Balaban J connectivity index is 1.51. The zero-order valence-electron chi connectivity index (χ0n) is 18.4. The highest BCUT2D eigenvalue weighted by Crippen LogP contribution is 2.27. The number of aromatic nitrogens is 2. The van der Waals surface area contributed by atoms with Gasteiger partial charge in [0.05, 0.1) is 4.90 Å². The van der Waals surface area contributed by atoms with E-state index < -0.39 is 16.1 Å². The second-order valence-electron chi connectivity index (χ2n) is 7.67. The number of rotatable bonds is 8. The largest absolute Gasteiger partial charge is 0.329 e. The minimum absolute atomic E-state index is 0.180. The lowest BCUT2D eigenvalue weighted by Gasteiger charge is -2.14. The second kappa shape index (κ2) is 9.80. The van der Waals surface area contributed by atoms with Crippen LogP contribution in [-0.4, -0.2) is 35.8 Å². The van der Waals surface area contributed by atoms with E-state index in [1.165, 1.54) is 17.8 Å². The van der Waals surface area contributed by atoms with Crippen LogP contribution in [0.3, 0.4) is 0 Å². The highest BCUT2D eigenvalue weighted by molar-refractivity contribution is 7.99. The number of nitrogens with zero attached hydrogens (tertiary/aromatic N) is 3. The first-order valence-corrected chi connectivity index (χ1v) is 12.9. The van der Waals surface area contributed by atoms with Crippen molar-refractivity contribution in [3.8, 4) is 0 Å². The number of aliphatic imine (C=N–C) groups is 1. The van der Waals surface area contributed by atoms with Gasteiger partial charge in [0.15, 0.2) is 5.16 Å². The summed E-state index contributed by atoms with van der Waals surface area (Å²) in [6.07, 6.45) is 5.84. The van der Waals surface area contributed by atoms with Crippen LogP contribution in [0.4, 0.5) is 5.69 Å². The van der Waals surface area contributed by atoms with Crippen LogP contribution in [0.1, 0.15) is 31.7 Å². The van der Waals surface area contributed by atoms with E-state index >= 15 is 0 Å². The first-order valence-electron chi connectivity index (χ1n) is 10.6. The summed E-state index contributed by atoms with van der Waals surface area (Å²) in [5, 5.41) is 3.79. The van der Waals surface area contributed by atoms with E-state index in [1.807, 2.05) is 49.0 Å². The van der Waals surface area contributed by atoms with Gasteiger partial charge >= 0.3 is 0 Å². The number of fused-ring (bicyclic) bond motifs is 1. The number of carbonyl (C=O) groups excluding carboxylic acids is 1. The van der Waals surface area contributed by atoms with Gasteiger partial charge in [0.25, 0.3) is 10.0 Å². The molecule has 3 aromatic rings. The van der Waals surface area contributed by atoms with Gasteiger partial charge in [-0.1, -0.05) is 43.7 Å². The molecule has 0 aliphatic carbocycles. The highest BCUT2D eigenvalue weighted by Gasteiger charge is 2.31. The molecule has 2 N–H and O–H groups in total. The van der Waals surface area contributed by atoms with Gasteiger partial charge in [-0.15, -0.1) is 0 Å². The lowest BCUT2D eigenvalue weighted by atomic mass is 10.1. The monoisotopic (exact) mass is 483 g/mol. The molecule has 0 saturated carbocycles. The standard InChI is InChI=1S/C23H25N5O3S2/c1-3-4-8-19(26-21-18-7-5-6-9-20(18)33(30,31)27-21)22(29)25-16-10-12-17(13-11-16)32-23-24-14-15-28(23)2/h5-7,9-15,19H,3-4,8H2,1-2H3,(H,25,29)(H,26,27). The van der Waals surface area contributed by atoms with E-state index in [9.17, 15) is 13.2 Å².